The average Bonchev–Trinajstić information content (AvgIpc) is 3.13. The van der Waals surface area contributed by atoms with Crippen LogP contribution in [0.1, 0.15) is 21.6 Å². The topological polar surface area (TPSA) is 82.8 Å². The molecule has 0 aliphatic carbocycles. The predicted octanol–water partition coefficient (Wildman–Crippen LogP) is 3.81. The maximum atomic E-state index is 12.5. The number of para-hydroxylation sites is 1. The van der Waals surface area contributed by atoms with Crippen LogP contribution in [0.15, 0.2) is 53.9 Å². The first-order chi connectivity index (χ1) is 14.1. The van der Waals surface area contributed by atoms with Crippen LogP contribution in [0.3, 0.4) is 0 Å². The van der Waals surface area contributed by atoms with Crippen LogP contribution in [0.5, 0.6) is 0 Å². The quantitative estimate of drug-likeness (QED) is 0.369. The van der Waals surface area contributed by atoms with Crippen LogP contribution >= 0.6 is 11.8 Å². The molecule has 0 fully saturated rings. The first kappa shape index (κ1) is 19.1. The highest BCUT2D eigenvalue weighted by atomic mass is 32.2. The molecular formula is C21H19N5O2S. The number of esters is 1. The largest absolute Gasteiger partial charge is 0.465 e. The van der Waals surface area contributed by atoms with E-state index in [0.717, 1.165) is 33.0 Å². The van der Waals surface area contributed by atoms with E-state index in [1.54, 1.807) is 12.4 Å². The van der Waals surface area contributed by atoms with Crippen LogP contribution in [-0.4, -0.2) is 37.8 Å². The number of fused-ring (bicyclic) bond motifs is 1. The normalized spacial score (nSPS) is 11.0. The molecule has 4 rings (SSSR count). The summed E-state index contributed by atoms with van der Waals surface area (Å²) >= 11 is 1.48. The third-order valence-corrected chi connectivity index (χ3v) is 5.76. The molecule has 0 radical (unpaired) electrons. The van der Waals surface area contributed by atoms with Crippen molar-refractivity contribution in [2.75, 3.05) is 7.11 Å². The van der Waals surface area contributed by atoms with Gasteiger partial charge in [0, 0.05) is 36.1 Å². The maximum absolute atomic E-state index is 12.5. The molecule has 0 unspecified atom stereocenters. The van der Waals surface area contributed by atoms with Gasteiger partial charge < -0.3 is 9.30 Å². The molecule has 0 bridgehead atoms. The minimum Gasteiger partial charge on any atom is -0.465 e. The summed E-state index contributed by atoms with van der Waals surface area (Å²) in [6.07, 6.45) is 3.45. The number of pyridine rings is 2. The van der Waals surface area contributed by atoms with E-state index in [9.17, 15) is 4.79 Å². The van der Waals surface area contributed by atoms with Crippen LogP contribution in [0, 0.1) is 6.92 Å². The monoisotopic (exact) mass is 405 g/mol. The second-order valence-corrected chi connectivity index (χ2v) is 7.40. The van der Waals surface area contributed by atoms with Crippen LogP contribution in [0.4, 0.5) is 0 Å². The second-order valence-electron chi connectivity index (χ2n) is 6.46. The summed E-state index contributed by atoms with van der Waals surface area (Å²) in [6, 6.07) is 11.6. The van der Waals surface area contributed by atoms with E-state index in [0.29, 0.717) is 17.0 Å². The van der Waals surface area contributed by atoms with Gasteiger partial charge in [-0.05, 0) is 30.7 Å². The number of carbonyl (C=O) groups is 1. The summed E-state index contributed by atoms with van der Waals surface area (Å²) in [7, 11) is 3.30. The van der Waals surface area contributed by atoms with Crippen molar-refractivity contribution in [1.29, 1.82) is 0 Å². The lowest BCUT2D eigenvalue weighted by Gasteiger charge is -2.13. The number of thioether (sulfide) groups is 1. The highest BCUT2D eigenvalue weighted by molar-refractivity contribution is 7.98. The van der Waals surface area contributed by atoms with Gasteiger partial charge in [0.25, 0.3) is 0 Å². The van der Waals surface area contributed by atoms with Gasteiger partial charge in [-0.15, -0.1) is 10.2 Å². The lowest BCUT2D eigenvalue weighted by molar-refractivity contribution is 0.0598. The lowest BCUT2D eigenvalue weighted by Crippen LogP contribution is -2.10. The number of hydrogen-bond donors (Lipinski definition) is 0. The van der Waals surface area contributed by atoms with Crippen LogP contribution in [0.2, 0.25) is 0 Å². The van der Waals surface area contributed by atoms with Crippen molar-refractivity contribution in [2.24, 2.45) is 7.05 Å². The Morgan fingerprint density at radius 2 is 1.90 bits per heavy atom. The summed E-state index contributed by atoms with van der Waals surface area (Å²) in [5.41, 5.74) is 3.84. The highest BCUT2D eigenvalue weighted by Gasteiger charge is 2.20. The first-order valence-corrected chi connectivity index (χ1v) is 9.98. The van der Waals surface area contributed by atoms with Gasteiger partial charge in [0.15, 0.2) is 11.0 Å². The van der Waals surface area contributed by atoms with Crippen molar-refractivity contribution < 1.29 is 9.53 Å². The molecule has 0 aliphatic heterocycles. The van der Waals surface area contributed by atoms with Crippen LogP contribution in [0.25, 0.3) is 22.3 Å². The zero-order valence-electron chi connectivity index (χ0n) is 16.3. The molecule has 29 heavy (non-hydrogen) atoms. The van der Waals surface area contributed by atoms with Gasteiger partial charge in [0.2, 0.25) is 0 Å². The van der Waals surface area contributed by atoms with E-state index in [1.807, 2.05) is 54.9 Å². The third kappa shape index (κ3) is 3.58. The molecule has 0 atom stereocenters. The van der Waals surface area contributed by atoms with Gasteiger partial charge in [-0.1, -0.05) is 30.0 Å². The number of nitrogens with zero attached hydrogens (tertiary/aromatic N) is 5. The Morgan fingerprint density at radius 1 is 1.14 bits per heavy atom. The molecule has 4 aromatic rings. The molecule has 7 nitrogen and oxygen atoms in total. The minimum absolute atomic E-state index is 0.383. The van der Waals surface area contributed by atoms with Crippen LogP contribution in [-0.2, 0) is 17.5 Å². The highest BCUT2D eigenvalue weighted by Crippen LogP contribution is 2.29. The van der Waals surface area contributed by atoms with Gasteiger partial charge in [0.1, 0.15) is 0 Å². The zero-order valence-corrected chi connectivity index (χ0v) is 17.1. The van der Waals surface area contributed by atoms with Crippen molar-refractivity contribution in [2.45, 2.75) is 17.8 Å². The predicted molar refractivity (Wildman–Crippen MR) is 112 cm³/mol. The van der Waals surface area contributed by atoms with E-state index >= 15 is 0 Å². The summed E-state index contributed by atoms with van der Waals surface area (Å²) in [4.78, 5) is 21.2. The molecule has 0 spiro atoms. The van der Waals surface area contributed by atoms with Gasteiger partial charge >= 0.3 is 5.97 Å². The average molecular weight is 405 g/mol. The number of methoxy groups -OCH3 is 1. The number of hydrogen-bond acceptors (Lipinski definition) is 7. The van der Waals surface area contributed by atoms with Crippen molar-refractivity contribution in [1.82, 2.24) is 24.7 Å². The molecule has 0 amide bonds. The van der Waals surface area contributed by atoms with E-state index in [4.69, 9.17) is 9.72 Å². The Hall–Kier alpha value is -3.26. The lowest BCUT2D eigenvalue weighted by atomic mass is 10.0. The molecule has 8 heteroatoms. The SMILES string of the molecule is COC(=O)c1c(CSc2nnc(-c3ccncc3)n2C)nc2ccccc2c1C. The number of benzene rings is 1. The Morgan fingerprint density at radius 3 is 2.66 bits per heavy atom. The third-order valence-electron chi connectivity index (χ3n) is 4.73. The summed E-state index contributed by atoms with van der Waals surface area (Å²) < 4.78 is 6.94. The van der Waals surface area contributed by atoms with Gasteiger partial charge in [0.05, 0.1) is 23.9 Å². The Labute approximate surface area is 172 Å². The molecule has 1 aromatic carbocycles. The Balaban J connectivity index is 1.68. The van der Waals surface area contributed by atoms with E-state index in [-0.39, 0.29) is 5.97 Å². The molecule has 146 valence electrons. The van der Waals surface area contributed by atoms with Crippen molar-refractivity contribution in [3.63, 3.8) is 0 Å². The van der Waals surface area contributed by atoms with Crippen molar-refractivity contribution >= 4 is 28.6 Å². The Kier molecular flexibility index (Phi) is 5.26. The fourth-order valence-electron chi connectivity index (χ4n) is 3.24. The minimum atomic E-state index is -0.383. The smallest absolute Gasteiger partial charge is 0.340 e. The van der Waals surface area contributed by atoms with E-state index in [1.165, 1.54) is 18.9 Å². The molecule has 0 aliphatic rings. The van der Waals surface area contributed by atoms with Crippen molar-refractivity contribution in [3.8, 4) is 11.4 Å². The number of rotatable bonds is 5. The van der Waals surface area contributed by atoms with E-state index in [2.05, 4.69) is 15.2 Å². The second kappa shape index (κ2) is 8.00. The Bertz CT molecular complexity index is 1190. The van der Waals surface area contributed by atoms with Crippen LogP contribution < -0.4 is 0 Å². The van der Waals surface area contributed by atoms with Crippen molar-refractivity contribution in [3.05, 3.63) is 65.6 Å². The maximum Gasteiger partial charge on any atom is 0.340 e. The molecule has 3 aromatic heterocycles. The summed E-state index contributed by atoms with van der Waals surface area (Å²) in [5, 5.41) is 10.3. The van der Waals surface area contributed by atoms with Gasteiger partial charge in [-0.25, -0.2) is 4.79 Å². The summed E-state index contributed by atoms with van der Waals surface area (Å²) in [6.45, 7) is 1.92. The molecule has 0 saturated heterocycles. The van der Waals surface area contributed by atoms with Gasteiger partial charge in [-0.2, -0.15) is 0 Å². The molecule has 0 N–H and O–H groups in total. The number of aryl methyl sites for hydroxylation is 1. The van der Waals surface area contributed by atoms with E-state index < -0.39 is 0 Å². The number of carbonyl (C=O) groups excluding carboxylic acids is 1. The number of ether oxygens (including phenoxy) is 1. The molecule has 3 heterocycles. The standard InChI is InChI=1S/C21H19N5O2S/c1-13-15-6-4-5-7-16(15)23-17(18(13)20(27)28-3)12-29-21-25-24-19(26(21)2)14-8-10-22-11-9-14/h4-11H,12H2,1-3H3. The molecular weight excluding hydrogens is 386 g/mol. The first-order valence-electron chi connectivity index (χ1n) is 8.99. The molecule has 0 saturated carbocycles. The zero-order chi connectivity index (χ0) is 20.4. The fraction of sp³-hybridized carbons (Fsp3) is 0.190. The van der Waals surface area contributed by atoms with Gasteiger partial charge in [-0.3, -0.25) is 9.97 Å². The fourth-order valence-corrected chi connectivity index (χ4v) is 4.10. The summed E-state index contributed by atoms with van der Waals surface area (Å²) in [5.74, 6) is 0.843. The number of aromatic nitrogens is 5.